The summed E-state index contributed by atoms with van der Waals surface area (Å²) in [6.45, 7) is 4.00. The number of nitrogens with one attached hydrogen (secondary N) is 1. The van der Waals surface area contributed by atoms with Gasteiger partial charge < -0.3 is 19.7 Å². The molecule has 5 heteroatoms. The van der Waals surface area contributed by atoms with Crippen LogP contribution < -0.4 is 14.8 Å². The van der Waals surface area contributed by atoms with Gasteiger partial charge in [-0.2, -0.15) is 0 Å². The highest BCUT2D eigenvalue weighted by Gasteiger charge is 2.20. The van der Waals surface area contributed by atoms with Crippen molar-refractivity contribution in [2.75, 3.05) is 33.0 Å². The molecule has 1 saturated heterocycles. The highest BCUT2D eigenvalue weighted by molar-refractivity contribution is 5.94. The predicted molar refractivity (Wildman–Crippen MR) is 104 cm³/mol. The largest absolute Gasteiger partial charge is 0.454 e. The number of carbonyl (C=O) groups is 1. The topological polar surface area (TPSA) is 50.8 Å². The molecular weight excluding hydrogens is 340 g/mol. The number of likely N-dealkylation sites (tertiary alicyclic amines) is 1. The number of hydrogen-bond donors (Lipinski definition) is 1. The van der Waals surface area contributed by atoms with Crippen molar-refractivity contribution < 1.29 is 14.3 Å². The fourth-order valence-corrected chi connectivity index (χ4v) is 3.83. The Balaban J connectivity index is 1.17. The minimum atomic E-state index is -0.0627. The van der Waals surface area contributed by atoms with E-state index >= 15 is 0 Å². The maximum absolute atomic E-state index is 12.3. The van der Waals surface area contributed by atoms with Gasteiger partial charge in [0.05, 0.1) is 0 Å². The first kappa shape index (κ1) is 17.9. The minimum absolute atomic E-state index is 0.0627. The molecule has 1 amide bonds. The third-order valence-corrected chi connectivity index (χ3v) is 5.42. The van der Waals surface area contributed by atoms with Crippen LogP contribution >= 0.6 is 0 Å². The molecule has 4 rings (SSSR count). The highest BCUT2D eigenvalue weighted by atomic mass is 16.7. The van der Waals surface area contributed by atoms with Crippen molar-refractivity contribution in [1.29, 1.82) is 0 Å². The van der Waals surface area contributed by atoms with Crippen LogP contribution in [-0.4, -0.2) is 43.8 Å². The lowest BCUT2D eigenvalue weighted by Gasteiger charge is -2.32. The van der Waals surface area contributed by atoms with Crippen molar-refractivity contribution in [3.63, 3.8) is 0 Å². The van der Waals surface area contributed by atoms with E-state index in [0.717, 1.165) is 25.6 Å². The molecule has 0 aliphatic carbocycles. The van der Waals surface area contributed by atoms with Crippen LogP contribution in [-0.2, 0) is 6.42 Å². The van der Waals surface area contributed by atoms with Crippen LogP contribution in [0.4, 0.5) is 0 Å². The number of benzene rings is 2. The Morgan fingerprint density at radius 1 is 1.04 bits per heavy atom. The zero-order chi connectivity index (χ0) is 18.5. The summed E-state index contributed by atoms with van der Waals surface area (Å²) in [7, 11) is 0. The first-order chi connectivity index (χ1) is 13.3. The van der Waals surface area contributed by atoms with Crippen molar-refractivity contribution in [1.82, 2.24) is 10.2 Å². The summed E-state index contributed by atoms with van der Waals surface area (Å²) >= 11 is 0. The Morgan fingerprint density at radius 2 is 1.81 bits per heavy atom. The molecule has 0 atom stereocenters. The van der Waals surface area contributed by atoms with Crippen LogP contribution in [0.25, 0.3) is 0 Å². The van der Waals surface area contributed by atoms with Crippen molar-refractivity contribution in [2.45, 2.75) is 19.3 Å². The molecule has 0 unspecified atom stereocenters. The second-order valence-corrected chi connectivity index (χ2v) is 7.30. The molecule has 2 aromatic rings. The SMILES string of the molecule is O=C(NCCN1CCC(Cc2ccccc2)CC1)c1ccc2c(c1)OCO2. The average Bonchev–Trinajstić information content (AvgIpc) is 3.18. The molecule has 0 spiro atoms. The number of nitrogens with zero attached hydrogens (tertiary/aromatic N) is 1. The number of hydrogen-bond acceptors (Lipinski definition) is 4. The van der Waals surface area contributed by atoms with Crippen molar-refractivity contribution in [3.8, 4) is 11.5 Å². The monoisotopic (exact) mass is 366 g/mol. The lowest BCUT2D eigenvalue weighted by molar-refractivity contribution is 0.0943. The molecule has 0 aromatic heterocycles. The average molecular weight is 366 g/mol. The summed E-state index contributed by atoms with van der Waals surface area (Å²) in [6.07, 6.45) is 3.63. The zero-order valence-electron chi connectivity index (χ0n) is 15.5. The Kier molecular flexibility index (Phi) is 5.58. The predicted octanol–water partition coefficient (Wildman–Crippen LogP) is 3.10. The fraction of sp³-hybridized carbons (Fsp3) is 0.409. The van der Waals surface area contributed by atoms with E-state index < -0.39 is 0 Å². The number of amides is 1. The maximum atomic E-state index is 12.3. The highest BCUT2D eigenvalue weighted by Crippen LogP contribution is 2.32. The maximum Gasteiger partial charge on any atom is 0.251 e. The minimum Gasteiger partial charge on any atom is -0.454 e. The van der Waals surface area contributed by atoms with Crippen LogP contribution in [0, 0.1) is 5.92 Å². The molecule has 1 N–H and O–H groups in total. The van der Waals surface area contributed by atoms with Gasteiger partial charge in [0, 0.05) is 18.7 Å². The first-order valence-corrected chi connectivity index (χ1v) is 9.72. The molecule has 0 saturated carbocycles. The zero-order valence-corrected chi connectivity index (χ0v) is 15.5. The number of piperidine rings is 1. The van der Waals surface area contributed by atoms with Gasteiger partial charge in [0.15, 0.2) is 11.5 Å². The quantitative estimate of drug-likeness (QED) is 0.854. The summed E-state index contributed by atoms with van der Waals surface area (Å²) in [4.78, 5) is 14.8. The smallest absolute Gasteiger partial charge is 0.251 e. The van der Waals surface area contributed by atoms with Crippen LogP contribution in [0.2, 0.25) is 0 Å². The van der Waals surface area contributed by atoms with E-state index in [-0.39, 0.29) is 12.7 Å². The number of ether oxygens (including phenoxy) is 2. The Labute approximate surface area is 160 Å². The van der Waals surface area contributed by atoms with Crippen LogP contribution in [0.15, 0.2) is 48.5 Å². The lowest BCUT2D eigenvalue weighted by atomic mass is 9.90. The molecule has 0 bridgehead atoms. The molecule has 142 valence electrons. The second-order valence-electron chi connectivity index (χ2n) is 7.30. The van der Waals surface area contributed by atoms with Gasteiger partial charge in [-0.05, 0) is 62.0 Å². The van der Waals surface area contributed by atoms with Crippen molar-refractivity contribution >= 4 is 5.91 Å². The first-order valence-electron chi connectivity index (χ1n) is 9.72. The molecule has 2 heterocycles. The summed E-state index contributed by atoms with van der Waals surface area (Å²) in [5, 5.41) is 3.01. The Morgan fingerprint density at radius 3 is 2.63 bits per heavy atom. The lowest BCUT2D eigenvalue weighted by Crippen LogP contribution is -2.39. The van der Waals surface area contributed by atoms with E-state index in [9.17, 15) is 4.79 Å². The molecule has 2 aliphatic heterocycles. The van der Waals surface area contributed by atoms with E-state index in [1.54, 1.807) is 18.2 Å². The van der Waals surface area contributed by atoms with E-state index in [4.69, 9.17) is 9.47 Å². The molecule has 2 aromatic carbocycles. The van der Waals surface area contributed by atoms with E-state index in [0.29, 0.717) is 23.6 Å². The number of carbonyl (C=O) groups excluding carboxylic acids is 1. The van der Waals surface area contributed by atoms with Crippen LogP contribution in [0.1, 0.15) is 28.8 Å². The summed E-state index contributed by atoms with van der Waals surface area (Å²) in [6, 6.07) is 16.1. The Bertz CT molecular complexity index is 770. The van der Waals surface area contributed by atoms with Gasteiger partial charge in [-0.1, -0.05) is 30.3 Å². The van der Waals surface area contributed by atoms with Gasteiger partial charge in [0.2, 0.25) is 6.79 Å². The molecule has 27 heavy (non-hydrogen) atoms. The Hall–Kier alpha value is -2.53. The van der Waals surface area contributed by atoms with Crippen LogP contribution in [0.3, 0.4) is 0 Å². The van der Waals surface area contributed by atoms with E-state index in [1.165, 1.54) is 24.8 Å². The van der Waals surface area contributed by atoms with Gasteiger partial charge in [-0.15, -0.1) is 0 Å². The van der Waals surface area contributed by atoms with Gasteiger partial charge >= 0.3 is 0 Å². The molecule has 1 fully saturated rings. The standard InChI is InChI=1S/C22H26N2O3/c25-22(19-6-7-20-21(15-19)27-16-26-20)23-10-13-24-11-8-18(9-12-24)14-17-4-2-1-3-5-17/h1-7,15,18H,8-14,16H2,(H,23,25). The fourth-order valence-electron chi connectivity index (χ4n) is 3.83. The van der Waals surface area contributed by atoms with Gasteiger partial charge in [0.25, 0.3) is 5.91 Å². The van der Waals surface area contributed by atoms with Gasteiger partial charge in [-0.25, -0.2) is 0 Å². The molecular formula is C22H26N2O3. The summed E-state index contributed by atoms with van der Waals surface area (Å²) < 4.78 is 10.6. The second kappa shape index (κ2) is 8.44. The van der Waals surface area contributed by atoms with Crippen molar-refractivity contribution in [3.05, 3.63) is 59.7 Å². The van der Waals surface area contributed by atoms with Gasteiger partial charge in [-0.3, -0.25) is 4.79 Å². The molecule has 2 aliphatic rings. The van der Waals surface area contributed by atoms with E-state index in [2.05, 4.69) is 40.5 Å². The third kappa shape index (κ3) is 4.61. The van der Waals surface area contributed by atoms with Crippen LogP contribution in [0.5, 0.6) is 11.5 Å². The van der Waals surface area contributed by atoms with E-state index in [1.807, 2.05) is 0 Å². The third-order valence-electron chi connectivity index (χ3n) is 5.42. The van der Waals surface area contributed by atoms with Gasteiger partial charge in [0.1, 0.15) is 0 Å². The molecule has 5 nitrogen and oxygen atoms in total. The van der Waals surface area contributed by atoms with Crippen molar-refractivity contribution in [2.24, 2.45) is 5.92 Å². The summed E-state index contributed by atoms with van der Waals surface area (Å²) in [5.41, 5.74) is 2.05. The normalized spacial score (nSPS) is 17.0. The summed E-state index contributed by atoms with van der Waals surface area (Å²) in [5.74, 6) is 2.05. The molecule has 0 radical (unpaired) electrons. The number of fused-ring (bicyclic) bond motifs is 1. The number of rotatable bonds is 6.